The summed E-state index contributed by atoms with van der Waals surface area (Å²) in [6.07, 6.45) is 7.18. The smallest absolute Gasteiger partial charge is 0.0667 e. The molecule has 2 rings (SSSR count). The summed E-state index contributed by atoms with van der Waals surface area (Å²) in [5, 5.41) is 13.6. The minimum Gasteiger partial charge on any atom is -0.392 e. The van der Waals surface area contributed by atoms with Crippen molar-refractivity contribution in [3.05, 3.63) is 35.4 Å². The molecule has 112 valence electrons. The van der Waals surface area contributed by atoms with Gasteiger partial charge in [-0.2, -0.15) is 0 Å². The van der Waals surface area contributed by atoms with E-state index in [4.69, 9.17) is 0 Å². The van der Waals surface area contributed by atoms with Gasteiger partial charge >= 0.3 is 0 Å². The maximum absolute atomic E-state index is 10.1. The molecule has 2 nitrogen and oxygen atoms in total. The zero-order valence-corrected chi connectivity index (χ0v) is 12.9. The van der Waals surface area contributed by atoms with Gasteiger partial charge in [0.05, 0.1) is 6.10 Å². The lowest BCUT2D eigenvalue weighted by Gasteiger charge is -2.20. The summed E-state index contributed by atoms with van der Waals surface area (Å²) in [6.45, 7) is 5.05. The first-order valence-electron chi connectivity index (χ1n) is 8.19. The minimum atomic E-state index is -0.199. The fraction of sp³-hybridized carbons (Fsp3) is 0.667. The third-order valence-corrected chi connectivity index (χ3v) is 4.63. The van der Waals surface area contributed by atoms with Crippen molar-refractivity contribution in [2.24, 2.45) is 5.92 Å². The maximum Gasteiger partial charge on any atom is 0.0667 e. The average Bonchev–Trinajstić information content (AvgIpc) is 2.97. The molecule has 1 fully saturated rings. The van der Waals surface area contributed by atoms with Gasteiger partial charge in [-0.25, -0.2) is 0 Å². The molecule has 0 saturated heterocycles. The number of hydrogen-bond acceptors (Lipinski definition) is 2. The third-order valence-electron chi connectivity index (χ3n) is 4.63. The molecule has 1 aliphatic rings. The Morgan fingerprint density at radius 2 is 1.85 bits per heavy atom. The molecule has 2 heteroatoms. The van der Waals surface area contributed by atoms with Crippen molar-refractivity contribution >= 4 is 0 Å². The molecular weight excluding hydrogens is 246 g/mol. The van der Waals surface area contributed by atoms with Gasteiger partial charge < -0.3 is 10.4 Å². The SMILES string of the molecule is CCc1ccc(C(C)NCC(O)CC2CCCC2)cc1. The van der Waals surface area contributed by atoms with Crippen LogP contribution in [0.3, 0.4) is 0 Å². The van der Waals surface area contributed by atoms with Crippen molar-refractivity contribution in [1.29, 1.82) is 0 Å². The molecule has 1 aliphatic carbocycles. The summed E-state index contributed by atoms with van der Waals surface area (Å²) in [4.78, 5) is 0. The van der Waals surface area contributed by atoms with Crippen LogP contribution in [-0.2, 0) is 6.42 Å². The van der Waals surface area contributed by atoms with Crippen LogP contribution in [0.4, 0.5) is 0 Å². The predicted molar refractivity (Wildman–Crippen MR) is 84.8 cm³/mol. The topological polar surface area (TPSA) is 32.3 Å². The number of hydrogen-bond donors (Lipinski definition) is 2. The average molecular weight is 275 g/mol. The van der Waals surface area contributed by atoms with Crippen molar-refractivity contribution in [3.63, 3.8) is 0 Å². The molecule has 0 bridgehead atoms. The van der Waals surface area contributed by atoms with E-state index in [0.717, 1.165) is 18.8 Å². The normalized spacial score (nSPS) is 19.1. The van der Waals surface area contributed by atoms with Gasteiger partial charge in [-0.3, -0.25) is 0 Å². The van der Waals surface area contributed by atoms with Crippen LogP contribution >= 0.6 is 0 Å². The predicted octanol–water partition coefficient (Wildman–Crippen LogP) is 3.84. The lowest BCUT2D eigenvalue weighted by molar-refractivity contribution is 0.137. The second-order valence-electron chi connectivity index (χ2n) is 6.27. The van der Waals surface area contributed by atoms with Crippen molar-refractivity contribution in [2.75, 3.05) is 6.54 Å². The van der Waals surface area contributed by atoms with Crippen LogP contribution in [0.5, 0.6) is 0 Å². The summed E-state index contributed by atoms with van der Waals surface area (Å²) in [7, 11) is 0. The zero-order valence-electron chi connectivity index (χ0n) is 12.9. The maximum atomic E-state index is 10.1. The van der Waals surface area contributed by atoms with Crippen molar-refractivity contribution in [3.8, 4) is 0 Å². The van der Waals surface area contributed by atoms with Crippen LogP contribution in [0, 0.1) is 5.92 Å². The van der Waals surface area contributed by atoms with Gasteiger partial charge in [0.2, 0.25) is 0 Å². The molecule has 1 saturated carbocycles. The lowest BCUT2D eigenvalue weighted by atomic mass is 9.99. The van der Waals surface area contributed by atoms with Crippen molar-refractivity contribution in [1.82, 2.24) is 5.32 Å². The molecular formula is C18H29NO. The van der Waals surface area contributed by atoms with E-state index in [2.05, 4.69) is 43.4 Å². The van der Waals surface area contributed by atoms with Gasteiger partial charge in [0, 0.05) is 12.6 Å². The Bertz CT molecular complexity index is 381. The Morgan fingerprint density at radius 3 is 2.45 bits per heavy atom. The Kier molecular flexibility index (Phi) is 6.06. The second kappa shape index (κ2) is 7.80. The van der Waals surface area contributed by atoms with Crippen LogP contribution < -0.4 is 5.32 Å². The van der Waals surface area contributed by atoms with Gasteiger partial charge in [0.1, 0.15) is 0 Å². The summed E-state index contributed by atoms with van der Waals surface area (Å²) >= 11 is 0. The lowest BCUT2D eigenvalue weighted by Crippen LogP contribution is -2.30. The molecule has 1 aromatic rings. The van der Waals surface area contributed by atoms with Crippen molar-refractivity contribution < 1.29 is 5.11 Å². The second-order valence-corrected chi connectivity index (χ2v) is 6.27. The van der Waals surface area contributed by atoms with E-state index in [9.17, 15) is 5.11 Å². The zero-order chi connectivity index (χ0) is 14.4. The molecule has 0 aromatic heterocycles. The highest BCUT2D eigenvalue weighted by Crippen LogP contribution is 2.28. The highest BCUT2D eigenvalue weighted by Gasteiger charge is 2.19. The molecule has 0 aliphatic heterocycles. The first-order valence-corrected chi connectivity index (χ1v) is 8.19. The molecule has 0 radical (unpaired) electrons. The van der Waals surface area contributed by atoms with Crippen LogP contribution in [0.2, 0.25) is 0 Å². The fourth-order valence-electron chi connectivity index (χ4n) is 3.19. The van der Waals surface area contributed by atoms with Gasteiger partial charge in [0.15, 0.2) is 0 Å². The molecule has 2 unspecified atom stereocenters. The molecule has 20 heavy (non-hydrogen) atoms. The number of rotatable bonds is 7. The van der Waals surface area contributed by atoms with Crippen LogP contribution in [0.15, 0.2) is 24.3 Å². The van der Waals surface area contributed by atoms with Gasteiger partial charge in [0.25, 0.3) is 0 Å². The first kappa shape index (κ1) is 15.5. The fourth-order valence-corrected chi connectivity index (χ4v) is 3.19. The number of aliphatic hydroxyl groups is 1. The van der Waals surface area contributed by atoms with E-state index in [-0.39, 0.29) is 6.10 Å². The highest BCUT2D eigenvalue weighted by molar-refractivity contribution is 5.24. The molecule has 0 heterocycles. The summed E-state index contributed by atoms with van der Waals surface area (Å²) in [5.74, 6) is 0.756. The van der Waals surface area contributed by atoms with Gasteiger partial charge in [-0.1, -0.05) is 56.9 Å². The summed E-state index contributed by atoms with van der Waals surface area (Å²) in [6, 6.07) is 9.09. The molecule has 2 atom stereocenters. The molecule has 2 N–H and O–H groups in total. The number of nitrogens with one attached hydrogen (secondary N) is 1. The van der Waals surface area contributed by atoms with Gasteiger partial charge in [-0.05, 0) is 36.8 Å². The Balaban J connectivity index is 1.74. The van der Waals surface area contributed by atoms with E-state index in [1.807, 2.05) is 0 Å². The van der Waals surface area contributed by atoms with Crippen LogP contribution in [-0.4, -0.2) is 17.8 Å². The van der Waals surface area contributed by atoms with Crippen molar-refractivity contribution in [2.45, 2.75) is 64.5 Å². The number of benzene rings is 1. The van der Waals surface area contributed by atoms with E-state index in [1.165, 1.54) is 36.8 Å². The number of aryl methyl sites for hydroxylation is 1. The monoisotopic (exact) mass is 275 g/mol. The largest absolute Gasteiger partial charge is 0.392 e. The Labute approximate surface area is 123 Å². The highest BCUT2D eigenvalue weighted by atomic mass is 16.3. The summed E-state index contributed by atoms with van der Waals surface area (Å²) in [5.41, 5.74) is 2.68. The van der Waals surface area contributed by atoms with E-state index >= 15 is 0 Å². The quantitative estimate of drug-likeness (QED) is 0.792. The number of aliphatic hydroxyl groups excluding tert-OH is 1. The molecule has 0 amide bonds. The van der Waals surface area contributed by atoms with Crippen LogP contribution in [0.1, 0.15) is 63.1 Å². The first-order chi connectivity index (χ1) is 9.69. The van der Waals surface area contributed by atoms with Crippen LogP contribution in [0.25, 0.3) is 0 Å². The van der Waals surface area contributed by atoms with Gasteiger partial charge in [-0.15, -0.1) is 0 Å². The Morgan fingerprint density at radius 1 is 1.20 bits per heavy atom. The molecule has 1 aromatic carbocycles. The van der Waals surface area contributed by atoms with E-state index in [0.29, 0.717) is 12.6 Å². The van der Waals surface area contributed by atoms with E-state index < -0.39 is 0 Å². The molecule has 0 spiro atoms. The Hall–Kier alpha value is -0.860. The summed E-state index contributed by atoms with van der Waals surface area (Å²) < 4.78 is 0. The van der Waals surface area contributed by atoms with E-state index in [1.54, 1.807) is 0 Å². The third kappa shape index (κ3) is 4.60. The standard InChI is InChI=1S/C18H29NO/c1-3-15-8-10-17(11-9-15)14(2)19-13-18(20)12-16-6-4-5-7-16/h8-11,14,16,18-20H,3-7,12-13H2,1-2H3. The minimum absolute atomic E-state index is 0.199.